The van der Waals surface area contributed by atoms with Crippen LogP contribution in [0.25, 0.3) is 0 Å². The van der Waals surface area contributed by atoms with Crippen LogP contribution in [-0.2, 0) is 4.79 Å². The van der Waals surface area contributed by atoms with Crippen molar-refractivity contribution in [2.75, 3.05) is 5.01 Å². The zero-order valence-corrected chi connectivity index (χ0v) is 11.3. The number of ketones is 1. The second-order valence-corrected chi connectivity index (χ2v) is 4.20. The monoisotopic (exact) mass is 297 g/mol. The van der Waals surface area contributed by atoms with Crippen molar-refractivity contribution < 1.29 is 14.5 Å². The topological polar surface area (TPSA) is 92.9 Å². The van der Waals surface area contributed by atoms with Crippen LogP contribution < -0.4 is 5.01 Å². The lowest BCUT2D eigenvalue weighted by molar-refractivity contribution is -0.384. The van der Waals surface area contributed by atoms with E-state index < -0.39 is 4.92 Å². The van der Waals surface area contributed by atoms with Crippen molar-refractivity contribution in [3.63, 3.8) is 0 Å². The van der Waals surface area contributed by atoms with Gasteiger partial charge in [-0.05, 0) is 12.1 Å². The van der Waals surface area contributed by atoms with Gasteiger partial charge in [0.15, 0.2) is 0 Å². The summed E-state index contributed by atoms with van der Waals surface area (Å²) in [6, 6.07) is 13.7. The summed E-state index contributed by atoms with van der Waals surface area (Å²) in [5.74, 6) is -0.352. The number of rotatable bonds is 6. The Kier molecular flexibility index (Phi) is 4.71. The second kappa shape index (κ2) is 6.89. The minimum Gasteiger partial charge on any atom is -0.287 e. The molecule has 1 amide bonds. The fourth-order valence-corrected chi connectivity index (χ4v) is 1.67. The van der Waals surface area contributed by atoms with Crippen molar-refractivity contribution in [2.24, 2.45) is 5.10 Å². The van der Waals surface area contributed by atoms with Crippen LogP contribution in [0.3, 0.4) is 0 Å². The number of non-ortho nitro benzene ring substituents is 1. The van der Waals surface area contributed by atoms with E-state index in [4.69, 9.17) is 0 Å². The van der Waals surface area contributed by atoms with E-state index in [0.29, 0.717) is 17.7 Å². The first kappa shape index (κ1) is 15.0. The summed E-state index contributed by atoms with van der Waals surface area (Å²) in [7, 11) is 0. The molecule has 110 valence electrons. The number of hydrogen-bond donors (Lipinski definition) is 0. The highest BCUT2D eigenvalue weighted by Gasteiger charge is 2.09. The van der Waals surface area contributed by atoms with Gasteiger partial charge < -0.3 is 0 Å². The van der Waals surface area contributed by atoms with Crippen molar-refractivity contribution in [2.45, 2.75) is 0 Å². The van der Waals surface area contributed by atoms with Gasteiger partial charge in [0, 0.05) is 17.7 Å². The number of Topliss-reactive ketones (excluding diaryl/α,β-unsaturated/α-hetero) is 1. The highest BCUT2D eigenvalue weighted by atomic mass is 16.6. The number of benzene rings is 2. The summed E-state index contributed by atoms with van der Waals surface area (Å²) < 4.78 is 0. The van der Waals surface area contributed by atoms with Gasteiger partial charge in [-0.2, -0.15) is 5.10 Å². The molecule has 0 aliphatic rings. The van der Waals surface area contributed by atoms with Crippen LogP contribution in [0.15, 0.2) is 59.7 Å². The Hall–Kier alpha value is -3.35. The number of nitro benzene ring substituents is 1. The maximum atomic E-state index is 11.9. The number of hydrazone groups is 1. The third-order valence-electron chi connectivity index (χ3n) is 2.78. The number of anilines is 1. The molecule has 0 heterocycles. The maximum Gasteiger partial charge on any atom is 0.269 e. The molecule has 0 radical (unpaired) electrons. The van der Waals surface area contributed by atoms with Crippen LogP contribution in [0, 0.1) is 10.1 Å². The van der Waals surface area contributed by atoms with Gasteiger partial charge in [0.25, 0.3) is 5.69 Å². The number of carbonyl (C=O) groups is 2. The minimum atomic E-state index is -0.544. The summed E-state index contributed by atoms with van der Waals surface area (Å²) in [4.78, 5) is 32.9. The molecule has 0 atom stereocenters. The zero-order chi connectivity index (χ0) is 15.9. The molecule has 0 unspecified atom stereocenters. The molecule has 2 aromatic rings. The molecule has 0 N–H and O–H groups in total. The quantitative estimate of drug-likeness (QED) is 0.269. The zero-order valence-electron chi connectivity index (χ0n) is 11.3. The number of hydrogen-bond acceptors (Lipinski definition) is 5. The summed E-state index contributed by atoms with van der Waals surface area (Å²) in [5, 5.41) is 15.3. The fourth-order valence-electron chi connectivity index (χ4n) is 1.67. The Bertz CT molecular complexity index is 711. The molecule has 0 aliphatic heterocycles. The van der Waals surface area contributed by atoms with Crippen LogP contribution in [0.4, 0.5) is 11.4 Å². The lowest BCUT2D eigenvalue weighted by Gasteiger charge is -2.09. The van der Waals surface area contributed by atoms with Crippen molar-refractivity contribution >= 4 is 29.8 Å². The van der Waals surface area contributed by atoms with Crippen LogP contribution >= 0.6 is 0 Å². The lowest BCUT2D eigenvalue weighted by atomic mass is 10.1. The van der Waals surface area contributed by atoms with Crippen molar-refractivity contribution in [1.82, 2.24) is 0 Å². The standard InChI is InChI=1S/C15H11N3O4/c19-11-17(13-6-8-14(9-7-13)18(21)22)16-10-15(20)12-4-2-1-3-5-12/h1-11H/b16-10-. The largest absolute Gasteiger partial charge is 0.287 e. The molecular weight excluding hydrogens is 286 g/mol. The molecular formula is C15H11N3O4. The predicted molar refractivity (Wildman–Crippen MR) is 80.9 cm³/mol. The Morgan fingerprint density at radius 3 is 2.27 bits per heavy atom. The van der Waals surface area contributed by atoms with E-state index in [0.717, 1.165) is 11.2 Å². The average molecular weight is 297 g/mol. The summed E-state index contributed by atoms with van der Waals surface area (Å²) >= 11 is 0. The Balaban J connectivity index is 2.15. The van der Waals surface area contributed by atoms with E-state index in [-0.39, 0.29) is 11.5 Å². The van der Waals surface area contributed by atoms with E-state index in [9.17, 15) is 19.7 Å². The molecule has 2 rings (SSSR count). The normalized spacial score (nSPS) is 10.4. The first-order chi connectivity index (χ1) is 10.6. The minimum absolute atomic E-state index is 0.0982. The number of nitro groups is 1. The first-order valence-electron chi connectivity index (χ1n) is 6.24. The SMILES string of the molecule is O=CN(/N=C\C(=O)c1ccccc1)c1ccc([N+](=O)[O-])cc1. The van der Waals surface area contributed by atoms with Crippen molar-refractivity contribution in [3.8, 4) is 0 Å². The van der Waals surface area contributed by atoms with E-state index in [1.165, 1.54) is 24.3 Å². The molecule has 0 saturated carbocycles. The van der Waals surface area contributed by atoms with Gasteiger partial charge in [0.2, 0.25) is 12.2 Å². The Labute approximate surface area is 125 Å². The molecule has 7 nitrogen and oxygen atoms in total. The van der Waals surface area contributed by atoms with E-state index >= 15 is 0 Å². The van der Waals surface area contributed by atoms with Gasteiger partial charge in [0.05, 0.1) is 16.8 Å². The molecule has 0 spiro atoms. The van der Waals surface area contributed by atoms with Gasteiger partial charge in [-0.25, -0.2) is 5.01 Å². The molecule has 7 heteroatoms. The van der Waals surface area contributed by atoms with Crippen LogP contribution in [0.5, 0.6) is 0 Å². The maximum absolute atomic E-state index is 11.9. The molecule has 22 heavy (non-hydrogen) atoms. The van der Waals surface area contributed by atoms with Crippen LogP contribution in [0.1, 0.15) is 10.4 Å². The number of nitrogens with zero attached hydrogens (tertiary/aromatic N) is 3. The third-order valence-corrected chi connectivity index (χ3v) is 2.78. The predicted octanol–water partition coefficient (Wildman–Crippen LogP) is 2.43. The van der Waals surface area contributed by atoms with E-state index in [1.807, 2.05) is 0 Å². The smallest absolute Gasteiger partial charge is 0.269 e. The molecule has 0 aliphatic carbocycles. The van der Waals surface area contributed by atoms with Gasteiger partial charge in [0.1, 0.15) is 0 Å². The lowest BCUT2D eigenvalue weighted by Crippen LogP contribution is -2.15. The first-order valence-corrected chi connectivity index (χ1v) is 6.24. The summed E-state index contributed by atoms with van der Waals surface area (Å²) in [6.07, 6.45) is 1.43. The molecule has 0 aromatic heterocycles. The molecule has 2 aromatic carbocycles. The average Bonchev–Trinajstić information content (AvgIpc) is 2.56. The summed E-state index contributed by atoms with van der Waals surface area (Å²) in [5.41, 5.74) is 0.664. The van der Waals surface area contributed by atoms with Gasteiger partial charge in [-0.1, -0.05) is 30.3 Å². The highest BCUT2D eigenvalue weighted by molar-refractivity contribution is 6.35. The van der Waals surface area contributed by atoms with Gasteiger partial charge in [-0.3, -0.25) is 19.7 Å². The number of amides is 1. The van der Waals surface area contributed by atoms with E-state index in [1.54, 1.807) is 30.3 Å². The van der Waals surface area contributed by atoms with Gasteiger partial charge >= 0.3 is 0 Å². The third kappa shape index (κ3) is 3.60. The number of carbonyl (C=O) groups excluding carboxylic acids is 2. The van der Waals surface area contributed by atoms with Crippen LogP contribution in [0.2, 0.25) is 0 Å². The van der Waals surface area contributed by atoms with Crippen molar-refractivity contribution in [1.29, 1.82) is 0 Å². The van der Waals surface area contributed by atoms with Gasteiger partial charge in [-0.15, -0.1) is 0 Å². The van der Waals surface area contributed by atoms with Crippen LogP contribution in [-0.4, -0.2) is 23.3 Å². The highest BCUT2D eigenvalue weighted by Crippen LogP contribution is 2.18. The molecule has 0 fully saturated rings. The second-order valence-electron chi connectivity index (χ2n) is 4.20. The van der Waals surface area contributed by atoms with E-state index in [2.05, 4.69) is 5.10 Å². The Morgan fingerprint density at radius 1 is 1.09 bits per heavy atom. The fraction of sp³-hybridized carbons (Fsp3) is 0. The molecule has 0 saturated heterocycles. The Morgan fingerprint density at radius 2 is 1.73 bits per heavy atom. The van der Waals surface area contributed by atoms with Crippen molar-refractivity contribution in [3.05, 3.63) is 70.3 Å². The molecule has 0 bridgehead atoms. The summed E-state index contributed by atoms with van der Waals surface area (Å²) in [6.45, 7) is 0.